The molecule has 0 spiro atoms. The molecule has 0 radical (unpaired) electrons. The second-order valence-corrected chi connectivity index (χ2v) is 9.36. The number of amidine groups is 1. The van der Waals surface area contributed by atoms with Crippen molar-refractivity contribution in [2.75, 3.05) is 20.1 Å². The maximum absolute atomic E-state index is 6.23. The SMILES string of the molecule is CCN(C)CCc1cc(C)c(OC(=S)/N=C(\N)c2ccc(C3CCCCC3)cc2)cc1C. The Balaban J connectivity index is 1.64. The molecule has 2 aromatic carbocycles. The largest absolute Gasteiger partial charge is 0.430 e. The van der Waals surface area contributed by atoms with Gasteiger partial charge in [0, 0.05) is 12.1 Å². The van der Waals surface area contributed by atoms with Gasteiger partial charge in [0.1, 0.15) is 11.6 Å². The van der Waals surface area contributed by atoms with Crippen molar-refractivity contribution >= 4 is 23.2 Å². The number of aliphatic imine (C=N–C) groups is 1. The Labute approximate surface area is 198 Å². The van der Waals surface area contributed by atoms with Crippen LogP contribution in [0.3, 0.4) is 0 Å². The summed E-state index contributed by atoms with van der Waals surface area (Å²) in [6, 6.07) is 12.7. The Hall–Kier alpha value is -2.24. The second kappa shape index (κ2) is 11.6. The van der Waals surface area contributed by atoms with Crippen LogP contribution in [0.2, 0.25) is 0 Å². The smallest absolute Gasteiger partial charge is 0.290 e. The summed E-state index contributed by atoms with van der Waals surface area (Å²) in [7, 11) is 2.14. The van der Waals surface area contributed by atoms with Crippen LogP contribution in [0.25, 0.3) is 0 Å². The first-order valence-electron chi connectivity index (χ1n) is 11.8. The van der Waals surface area contributed by atoms with Crippen molar-refractivity contribution < 1.29 is 4.74 Å². The molecule has 2 N–H and O–H groups in total. The Morgan fingerprint density at radius 2 is 1.78 bits per heavy atom. The Bertz CT molecular complexity index is 946. The van der Waals surface area contributed by atoms with Crippen LogP contribution in [-0.2, 0) is 6.42 Å². The van der Waals surface area contributed by atoms with Crippen molar-refractivity contribution in [2.24, 2.45) is 10.7 Å². The molecule has 4 nitrogen and oxygen atoms in total. The summed E-state index contributed by atoms with van der Waals surface area (Å²) in [5.41, 5.74) is 12.1. The average Bonchev–Trinajstić information content (AvgIpc) is 2.80. The van der Waals surface area contributed by atoms with Crippen LogP contribution in [0.1, 0.15) is 72.8 Å². The first-order chi connectivity index (χ1) is 15.4. The second-order valence-electron chi connectivity index (χ2n) is 9.01. The fraction of sp³-hybridized carbons (Fsp3) is 0.481. The highest BCUT2D eigenvalue weighted by atomic mass is 32.1. The third kappa shape index (κ3) is 6.63. The standard InChI is InChI=1S/C27H37N3OS/c1-5-30(4)16-15-24-17-20(3)25(18-19(24)2)31-27(32)29-26(28)23-13-11-22(12-14-23)21-9-7-6-8-10-21/h11-14,17-18,21H,5-10,15-16H2,1-4H3,(H2,28,29,32). The van der Waals surface area contributed by atoms with E-state index in [9.17, 15) is 0 Å². The molecule has 32 heavy (non-hydrogen) atoms. The maximum atomic E-state index is 6.23. The van der Waals surface area contributed by atoms with Crippen LogP contribution in [0.4, 0.5) is 0 Å². The van der Waals surface area contributed by atoms with Crippen molar-refractivity contribution in [2.45, 2.75) is 65.2 Å². The molecule has 1 aliphatic rings. The van der Waals surface area contributed by atoms with E-state index >= 15 is 0 Å². The summed E-state index contributed by atoms with van der Waals surface area (Å²) in [6.07, 6.45) is 7.61. The number of benzene rings is 2. The highest BCUT2D eigenvalue weighted by Gasteiger charge is 2.15. The van der Waals surface area contributed by atoms with Crippen LogP contribution in [0.5, 0.6) is 5.75 Å². The first kappa shape index (κ1) is 24.4. The number of aryl methyl sites for hydroxylation is 2. The molecule has 5 heteroatoms. The minimum absolute atomic E-state index is 0.139. The van der Waals surface area contributed by atoms with Crippen LogP contribution in [0, 0.1) is 13.8 Å². The summed E-state index contributed by atoms with van der Waals surface area (Å²) >= 11 is 5.38. The quantitative estimate of drug-likeness (QED) is 0.323. The van der Waals surface area contributed by atoms with Gasteiger partial charge in [0.05, 0.1) is 0 Å². The van der Waals surface area contributed by atoms with E-state index in [0.717, 1.165) is 36.4 Å². The molecular weight excluding hydrogens is 414 g/mol. The third-order valence-electron chi connectivity index (χ3n) is 6.63. The number of ether oxygens (including phenoxy) is 1. The van der Waals surface area contributed by atoms with Gasteiger partial charge in [-0.3, -0.25) is 0 Å². The highest BCUT2D eigenvalue weighted by Crippen LogP contribution is 2.32. The summed E-state index contributed by atoms with van der Waals surface area (Å²) in [5.74, 6) is 1.81. The Morgan fingerprint density at radius 3 is 2.44 bits per heavy atom. The van der Waals surface area contributed by atoms with E-state index < -0.39 is 0 Å². The minimum atomic E-state index is 0.139. The number of nitrogens with zero attached hydrogens (tertiary/aromatic N) is 2. The first-order valence-corrected chi connectivity index (χ1v) is 12.2. The van der Waals surface area contributed by atoms with E-state index in [1.54, 1.807) is 0 Å². The molecule has 0 heterocycles. The molecule has 172 valence electrons. The molecule has 0 aliphatic heterocycles. The predicted octanol–water partition coefficient (Wildman–Crippen LogP) is 5.91. The highest BCUT2D eigenvalue weighted by molar-refractivity contribution is 7.80. The molecule has 0 saturated heterocycles. The van der Waals surface area contributed by atoms with Crippen molar-refractivity contribution in [3.8, 4) is 5.75 Å². The van der Waals surface area contributed by atoms with Gasteiger partial charge in [-0.2, -0.15) is 4.99 Å². The lowest BCUT2D eigenvalue weighted by atomic mass is 9.84. The summed E-state index contributed by atoms with van der Waals surface area (Å²) in [4.78, 5) is 6.66. The Morgan fingerprint density at radius 1 is 1.09 bits per heavy atom. The van der Waals surface area contributed by atoms with E-state index in [-0.39, 0.29) is 5.17 Å². The van der Waals surface area contributed by atoms with Gasteiger partial charge in [-0.1, -0.05) is 56.5 Å². The molecule has 3 rings (SSSR count). The lowest BCUT2D eigenvalue weighted by molar-refractivity contribution is 0.357. The van der Waals surface area contributed by atoms with Crippen molar-refractivity contribution in [1.29, 1.82) is 0 Å². The molecule has 2 aromatic rings. The zero-order valence-electron chi connectivity index (χ0n) is 20.0. The predicted molar refractivity (Wildman–Crippen MR) is 139 cm³/mol. The monoisotopic (exact) mass is 451 g/mol. The van der Waals surface area contributed by atoms with Crippen LogP contribution in [0.15, 0.2) is 41.4 Å². The lowest BCUT2D eigenvalue weighted by Gasteiger charge is -2.22. The zero-order valence-corrected chi connectivity index (χ0v) is 20.8. The number of rotatable bonds is 7. The van der Waals surface area contributed by atoms with Crippen LogP contribution in [-0.4, -0.2) is 36.0 Å². The fourth-order valence-corrected chi connectivity index (χ4v) is 4.53. The zero-order chi connectivity index (χ0) is 23.1. The third-order valence-corrected chi connectivity index (χ3v) is 6.80. The molecule has 1 saturated carbocycles. The fourth-order valence-electron chi connectivity index (χ4n) is 4.34. The van der Waals surface area contributed by atoms with Crippen molar-refractivity contribution in [3.63, 3.8) is 0 Å². The minimum Gasteiger partial charge on any atom is -0.430 e. The average molecular weight is 452 g/mol. The van der Waals surface area contributed by atoms with E-state index in [1.807, 2.05) is 25.1 Å². The van der Waals surface area contributed by atoms with E-state index in [2.05, 4.69) is 49.0 Å². The molecule has 0 bridgehead atoms. The van der Waals surface area contributed by atoms with Crippen LogP contribution < -0.4 is 10.5 Å². The summed E-state index contributed by atoms with van der Waals surface area (Å²) in [6.45, 7) is 8.42. The molecule has 0 amide bonds. The van der Waals surface area contributed by atoms with Gasteiger partial charge >= 0.3 is 0 Å². The Kier molecular flexibility index (Phi) is 8.83. The maximum Gasteiger partial charge on any atom is 0.290 e. The molecule has 0 unspecified atom stereocenters. The van der Waals surface area contributed by atoms with Gasteiger partial charge in [-0.15, -0.1) is 0 Å². The van der Waals surface area contributed by atoms with Crippen LogP contribution >= 0.6 is 12.2 Å². The van der Waals surface area contributed by atoms with Crippen molar-refractivity contribution in [1.82, 2.24) is 4.90 Å². The lowest BCUT2D eigenvalue weighted by Crippen LogP contribution is -2.20. The molecule has 0 aromatic heterocycles. The van der Waals surface area contributed by atoms with Gasteiger partial charge in [0.2, 0.25) is 0 Å². The topological polar surface area (TPSA) is 50.8 Å². The van der Waals surface area contributed by atoms with Gasteiger partial charge in [-0.25, -0.2) is 0 Å². The van der Waals surface area contributed by atoms with E-state index in [0.29, 0.717) is 11.8 Å². The van der Waals surface area contributed by atoms with E-state index in [1.165, 1.54) is 48.8 Å². The number of nitrogens with two attached hydrogens (primary N) is 1. The summed E-state index contributed by atoms with van der Waals surface area (Å²) in [5, 5.41) is 0.139. The van der Waals surface area contributed by atoms with Gasteiger partial charge in [0.15, 0.2) is 0 Å². The normalized spacial score (nSPS) is 15.2. The number of hydrogen-bond donors (Lipinski definition) is 1. The molecule has 1 aliphatic carbocycles. The van der Waals surface area contributed by atoms with E-state index in [4.69, 9.17) is 22.7 Å². The van der Waals surface area contributed by atoms with Gasteiger partial charge < -0.3 is 15.4 Å². The molecular formula is C27H37N3OS. The number of likely N-dealkylation sites (N-methyl/N-ethyl adjacent to an activating group) is 1. The van der Waals surface area contributed by atoms with Gasteiger partial charge in [-0.05, 0) is 93.2 Å². The molecule has 1 fully saturated rings. The number of thiocarbonyl (C=S) groups is 1. The van der Waals surface area contributed by atoms with Gasteiger partial charge in [0.25, 0.3) is 5.17 Å². The molecule has 0 atom stereocenters. The van der Waals surface area contributed by atoms with Crippen molar-refractivity contribution in [3.05, 3.63) is 64.2 Å². The number of hydrogen-bond acceptors (Lipinski definition) is 3. The summed E-state index contributed by atoms with van der Waals surface area (Å²) < 4.78 is 5.89.